The largest absolute Gasteiger partial charge is 0.402 e. The monoisotopic (exact) mass is 362 g/mol. The highest BCUT2D eigenvalue weighted by Crippen LogP contribution is 2.30. The molecule has 0 radical (unpaired) electrons. The molecule has 24 heavy (non-hydrogen) atoms. The summed E-state index contributed by atoms with van der Waals surface area (Å²) in [4.78, 5) is 26.6. The van der Waals surface area contributed by atoms with Gasteiger partial charge in [-0.2, -0.15) is 0 Å². The van der Waals surface area contributed by atoms with Gasteiger partial charge in [-0.25, -0.2) is 9.79 Å². The van der Waals surface area contributed by atoms with Gasteiger partial charge in [-0.3, -0.25) is 10.1 Å². The molecule has 0 bridgehead atoms. The minimum absolute atomic E-state index is 0.00247. The molecule has 6 nitrogen and oxygen atoms in total. The van der Waals surface area contributed by atoms with E-state index in [4.69, 9.17) is 27.9 Å². The van der Waals surface area contributed by atoms with E-state index in [0.29, 0.717) is 10.6 Å². The zero-order valence-corrected chi connectivity index (χ0v) is 13.4. The van der Waals surface area contributed by atoms with Gasteiger partial charge in [0.1, 0.15) is 0 Å². The van der Waals surface area contributed by atoms with E-state index in [1.807, 2.05) is 0 Å². The van der Waals surface area contributed by atoms with Gasteiger partial charge < -0.3 is 4.74 Å². The first-order valence-corrected chi connectivity index (χ1v) is 7.43. The van der Waals surface area contributed by atoms with Gasteiger partial charge >= 0.3 is 5.97 Å². The number of para-hydroxylation sites is 1. The van der Waals surface area contributed by atoms with Gasteiger partial charge in [-0.1, -0.05) is 41.4 Å². The van der Waals surface area contributed by atoms with Crippen LogP contribution in [-0.4, -0.2) is 16.8 Å². The maximum Gasteiger partial charge on any atom is 0.363 e. The number of nitro benzene ring substituents is 1. The van der Waals surface area contributed by atoms with E-state index in [9.17, 15) is 14.9 Å². The Labute approximate surface area is 146 Å². The number of nitro groups is 1. The van der Waals surface area contributed by atoms with Crippen LogP contribution in [0.4, 0.5) is 5.69 Å². The quantitative estimate of drug-likeness (QED) is 0.353. The molecule has 120 valence electrons. The Morgan fingerprint density at radius 3 is 2.62 bits per heavy atom. The Hall–Kier alpha value is -2.70. The normalized spacial score (nSPS) is 15.3. The maximum atomic E-state index is 12.0. The van der Waals surface area contributed by atoms with Crippen LogP contribution in [0.3, 0.4) is 0 Å². The van der Waals surface area contributed by atoms with Gasteiger partial charge in [0.15, 0.2) is 5.70 Å². The van der Waals surface area contributed by atoms with Crippen molar-refractivity contribution in [2.24, 2.45) is 4.99 Å². The smallest absolute Gasteiger partial charge is 0.363 e. The number of carbonyl (C=O) groups is 1. The van der Waals surface area contributed by atoms with Crippen LogP contribution < -0.4 is 0 Å². The van der Waals surface area contributed by atoms with E-state index in [-0.39, 0.29) is 27.9 Å². The first-order valence-electron chi connectivity index (χ1n) is 6.68. The second-order valence-corrected chi connectivity index (χ2v) is 5.54. The number of nitrogens with zero attached hydrogens (tertiary/aromatic N) is 2. The molecule has 0 aliphatic carbocycles. The first kappa shape index (κ1) is 16.2. The lowest BCUT2D eigenvalue weighted by Crippen LogP contribution is -2.06. The standard InChI is InChI=1S/C16H8Cl2N2O4/c17-11-6-3-5-10(14(11)18)15-19-12(16(21)24-15)8-9-4-1-2-7-13(9)20(22)23/h1-8H. The SMILES string of the molecule is O=C1OC(c2cccc(Cl)c2Cl)=NC1=Cc1ccccc1[N+](=O)[O-]. The molecule has 1 heterocycles. The maximum absolute atomic E-state index is 12.0. The fourth-order valence-electron chi connectivity index (χ4n) is 2.12. The van der Waals surface area contributed by atoms with Crippen molar-refractivity contribution in [3.63, 3.8) is 0 Å². The average Bonchev–Trinajstić information content (AvgIpc) is 2.91. The number of aliphatic imine (C=N–C) groups is 1. The molecule has 8 heteroatoms. The van der Waals surface area contributed by atoms with Crippen LogP contribution in [0.15, 0.2) is 53.2 Å². The Bertz CT molecular complexity index is 922. The molecule has 0 amide bonds. The number of hydrogen-bond donors (Lipinski definition) is 0. The Kier molecular flexibility index (Phi) is 4.33. The number of halogens is 2. The van der Waals surface area contributed by atoms with Crippen LogP contribution in [0.2, 0.25) is 10.0 Å². The van der Waals surface area contributed by atoms with Crippen LogP contribution in [-0.2, 0) is 9.53 Å². The molecule has 2 aromatic rings. The summed E-state index contributed by atoms with van der Waals surface area (Å²) in [6.07, 6.45) is 1.30. The summed E-state index contributed by atoms with van der Waals surface area (Å²) in [6, 6.07) is 10.8. The van der Waals surface area contributed by atoms with Crippen molar-refractivity contribution in [2.75, 3.05) is 0 Å². The molecule has 0 saturated heterocycles. The van der Waals surface area contributed by atoms with Crippen LogP contribution in [0.5, 0.6) is 0 Å². The third-order valence-electron chi connectivity index (χ3n) is 3.23. The zero-order valence-electron chi connectivity index (χ0n) is 11.9. The fraction of sp³-hybridized carbons (Fsp3) is 0. The minimum atomic E-state index is -0.723. The summed E-state index contributed by atoms with van der Waals surface area (Å²) < 4.78 is 5.10. The van der Waals surface area contributed by atoms with Gasteiger partial charge in [0, 0.05) is 6.07 Å². The Morgan fingerprint density at radius 1 is 1.12 bits per heavy atom. The van der Waals surface area contributed by atoms with Gasteiger partial charge in [0.2, 0.25) is 5.90 Å². The molecule has 0 saturated carbocycles. The van der Waals surface area contributed by atoms with Gasteiger partial charge in [-0.05, 0) is 24.3 Å². The molecule has 1 aliphatic rings. The van der Waals surface area contributed by atoms with Crippen LogP contribution >= 0.6 is 23.2 Å². The molecule has 0 N–H and O–H groups in total. The van der Waals surface area contributed by atoms with Crippen molar-refractivity contribution in [3.05, 3.63) is 79.4 Å². The second-order valence-electron chi connectivity index (χ2n) is 4.75. The molecule has 3 rings (SSSR count). The van der Waals surface area contributed by atoms with E-state index in [1.54, 1.807) is 24.3 Å². The van der Waals surface area contributed by atoms with Crippen molar-refractivity contribution in [3.8, 4) is 0 Å². The third-order valence-corrected chi connectivity index (χ3v) is 4.05. The van der Waals surface area contributed by atoms with Crippen LogP contribution in [0, 0.1) is 10.1 Å². The fourth-order valence-corrected chi connectivity index (χ4v) is 2.50. The highest BCUT2D eigenvalue weighted by molar-refractivity contribution is 6.44. The first-order chi connectivity index (χ1) is 11.5. The molecular formula is C16H8Cl2N2O4. The summed E-state index contributed by atoms with van der Waals surface area (Å²) in [6.45, 7) is 0. The number of benzene rings is 2. The van der Waals surface area contributed by atoms with Crippen molar-refractivity contribution in [1.29, 1.82) is 0 Å². The van der Waals surface area contributed by atoms with Gasteiger partial charge in [-0.15, -0.1) is 0 Å². The summed E-state index contributed by atoms with van der Waals surface area (Å²) in [5, 5.41) is 11.5. The number of ether oxygens (including phenoxy) is 1. The third kappa shape index (κ3) is 3.02. The highest BCUT2D eigenvalue weighted by atomic mass is 35.5. The highest BCUT2D eigenvalue weighted by Gasteiger charge is 2.27. The number of rotatable bonds is 3. The van der Waals surface area contributed by atoms with Crippen molar-refractivity contribution >= 4 is 46.8 Å². The molecule has 0 atom stereocenters. The van der Waals surface area contributed by atoms with Crippen LogP contribution in [0.25, 0.3) is 6.08 Å². The number of cyclic esters (lactones) is 1. The van der Waals surface area contributed by atoms with E-state index in [1.165, 1.54) is 24.3 Å². The van der Waals surface area contributed by atoms with Crippen molar-refractivity contribution < 1.29 is 14.5 Å². The predicted molar refractivity (Wildman–Crippen MR) is 90.2 cm³/mol. The summed E-state index contributed by atoms with van der Waals surface area (Å²) >= 11 is 12.0. The summed E-state index contributed by atoms with van der Waals surface area (Å²) in [5.74, 6) is -0.725. The molecule has 0 aromatic heterocycles. The minimum Gasteiger partial charge on any atom is -0.402 e. The topological polar surface area (TPSA) is 81.8 Å². The van der Waals surface area contributed by atoms with Crippen LogP contribution in [0.1, 0.15) is 11.1 Å². The Morgan fingerprint density at radius 2 is 1.88 bits per heavy atom. The number of hydrogen-bond acceptors (Lipinski definition) is 5. The van der Waals surface area contributed by atoms with Crippen molar-refractivity contribution in [2.45, 2.75) is 0 Å². The molecule has 0 fully saturated rings. The van der Waals surface area contributed by atoms with E-state index < -0.39 is 10.9 Å². The molecule has 2 aromatic carbocycles. The second kappa shape index (κ2) is 6.43. The lowest BCUT2D eigenvalue weighted by Gasteiger charge is -2.03. The Balaban J connectivity index is 2.04. The average molecular weight is 363 g/mol. The predicted octanol–water partition coefficient (Wildman–Crippen LogP) is 4.25. The summed E-state index contributed by atoms with van der Waals surface area (Å²) in [7, 11) is 0. The van der Waals surface area contributed by atoms with Gasteiger partial charge in [0.05, 0.1) is 26.1 Å². The molecule has 1 aliphatic heterocycles. The van der Waals surface area contributed by atoms with Gasteiger partial charge in [0.25, 0.3) is 5.69 Å². The number of carbonyl (C=O) groups excluding carboxylic acids is 1. The zero-order chi connectivity index (χ0) is 17.3. The lowest BCUT2D eigenvalue weighted by molar-refractivity contribution is -0.385. The van der Waals surface area contributed by atoms with E-state index in [2.05, 4.69) is 4.99 Å². The summed E-state index contributed by atoms with van der Waals surface area (Å²) in [5.41, 5.74) is 0.415. The molecule has 0 spiro atoms. The van der Waals surface area contributed by atoms with Crippen molar-refractivity contribution in [1.82, 2.24) is 0 Å². The number of esters is 1. The molecule has 0 unspecified atom stereocenters. The van der Waals surface area contributed by atoms with E-state index in [0.717, 1.165) is 0 Å². The molecular weight excluding hydrogens is 355 g/mol. The lowest BCUT2D eigenvalue weighted by atomic mass is 10.1. The van der Waals surface area contributed by atoms with E-state index >= 15 is 0 Å².